The molecule has 0 radical (unpaired) electrons. The minimum Gasteiger partial charge on any atom is -0.309 e. The van der Waals surface area contributed by atoms with E-state index < -0.39 is 4.92 Å². The number of carbonyl (C=O) groups is 1. The van der Waals surface area contributed by atoms with E-state index in [0.29, 0.717) is 22.7 Å². The van der Waals surface area contributed by atoms with Crippen LogP contribution in [0.2, 0.25) is 0 Å². The highest BCUT2D eigenvalue weighted by Crippen LogP contribution is 2.23. The molecule has 3 rings (SSSR count). The van der Waals surface area contributed by atoms with Crippen molar-refractivity contribution in [2.45, 2.75) is 18.5 Å². The first-order valence-electron chi connectivity index (χ1n) is 7.77. The van der Waals surface area contributed by atoms with E-state index in [1.807, 2.05) is 29.1 Å². The highest BCUT2D eigenvalue weighted by molar-refractivity contribution is 7.99. The summed E-state index contributed by atoms with van der Waals surface area (Å²) in [5.74, 6) is 0.792. The molecule has 0 spiro atoms. The van der Waals surface area contributed by atoms with E-state index in [9.17, 15) is 14.9 Å². The van der Waals surface area contributed by atoms with Crippen molar-refractivity contribution in [3.05, 3.63) is 67.7 Å². The Labute approximate surface area is 158 Å². The van der Waals surface area contributed by atoms with Crippen LogP contribution in [-0.4, -0.2) is 31.2 Å². The van der Waals surface area contributed by atoms with Crippen molar-refractivity contribution < 1.29 is 9.72 Å². The lowest BCUT2D eigenvalue weighted by atomic mass is 10.1. The Balaban J connectivity index is 1.67. The maximum atomic E-state index is 12.4. The molecule has 3 aromatic rings. The lowest BCUT2D eigenvalue weighted by Crippen LogP contribution is -2.06. The molecule has 0 fully saturated rings. The number of aromatic nitrogens is 3. The summed E-state index contributed by atoms with van der Waals surface area (Å²) < 4.78 is 1.87. The highest BCUT2D eigenvalue weighted by Gasteiger charge is 2.17. The molecule has 0 saturated carbocycles. The van der Waals surface area contributed by atoms with E-state index in [1.165, 1.54) is 22.7 Å². The molecule has 9 heteroatoms. The zero-order valence-corrected chi connectivity index (χ0v) is 15.8. The topological polar surface area (TPSA) is 90.9 Å². The second-order valence-electron chi connectivity index (χ2n) is 5.68. The van der Waals surface area contributed by atoms with Crippen LogP contribution in [0.3, 0.4) is 0 Å². The standard InChI is InChI=1S/C17H16N4O3S2/c1-11-5-6-12(8-14(11)21(23)24)15(22)10-26-17-19-18-16(20(17)2)9-13-4-3-7-25-13/h3-8H,9-10H2,1-2H3. The number of thiophene rings is 1. The molecule has 2 heterocycles. The van der Waals surface area contributed by atoms with Crippen molar-refractivity contribution in [2.75, 3.05) is 5.75 Å². The van der Waals surface area contributed by atoms with Crippen LogP contribution >= 0.6 is 23.1 Å². The smallest absolute Gasteiger partial charge is 0.273 e. The molecule has 0 aliphatic heterocycles. The Morgan fingerprint density at radius 3 is 2.85 bits per heavy atom. The maximum Gasteiger partial charge on any atom is 0.273 e. The Hall–Kier alpha value is -2.52. The Morgan fingerprint density at radius 2 is 2.15 bits per heavy atom. The van der Waals surface area contributed by atoms with Crippen LogP contribution in [0.4, 0.5) is 5.69 Å². The SMILES string of the molecule is Cc1ccc(C(=O)CSc2nnc(Cc3cccs3)n2C)cc1[N+](=O)[O-]. The summed E-state index contributed by atoms with van der Waals surface area (Å²) in [5, 5.41) is 22.0. The minimum atomic E-state index is -0.473. The van der Waals surface area contributed by atoms with Crippen LogP contribution in [0, 0.1) is 17.0 Å². The second-order valence-corrected chi connectivity index (χ2v) is 7.66. The van der Waals surface area contributed by atoms with Crippen molar-refractivity contribution in [3.8, 4) is 0 Å². The van der Waals surface area contributed by atoms with Gasteiger partial charge in [-0.2, -0.15) is 0 Å². The Morgan fingerprint density at radius 1 is 1.35 bits per heavy atom. The van der Waals surface area contributed by atoms with E-state index in [1.54, 1.807) is 30.4 Å². The van der Waals surface area contributed by atoms with Gasteiger partial charge < -0.3 is 4.57 Å². The van der Waals surface area contributed by atoms with Crippen molar-refractivity contribution >= 4 is 34.6 Å². The molecule has 0 bridgehead atoms. The summed E-state index contributed by atoms with van der Waals surface area (Å²) in [6.07, 6.45) is 0.694. The number of nitro benzene ring substituents is 1. The second kappa shape index (κ2) is 7.79. The summed E-state index contributed by atoms with van der Waals surface area (Å²) in [5.41, 5.74) is 0.819. The third-order valence-electron chi connectivity index (χ3n) is 3.90. The molecule has 0 unspecified atom stereocenters. The Bertz CT molecular complexity index is 951. The number of thioether (sulfide) groups is 1. The van der Waals surface area contributed by atoms with Gasteiger partial charge in [-0.25, -0.2) is 0 Å². The summed E-state index contributed by atoms with van der Waals surface area (Å²) >= 11 is 2.93. The maximum absolute atomic E-state index is 12.4. The minimum absolute atomic E-state index is 0.0438. The molecule has 0 saturated heterocycles. The number of nitrogens with zero attached hydrogens (tertiary/aromatic N) is 4. The third-order valence-corrected chi connectivity index (χ3v) is 5.79. The molecule has 0 aliphatic carbocycles. The predicted molar refractivity (Wildman–Crippen MR) is 101 cm³/mol. The number of aryl methyl sites for hydroxylation is 1. The van der Waals surface area contributed by atoms with Gasteiger partial charge in [0.2, 0.25) is 0 Å². The lowest BCUT2D eigenvalue weighted by Gasteiger charge is -2.04. The molecule has 0 atom stereocenters. The van der Waals surface area contributed by atoms with Crippen molar-refractivity contribution in [2.24, 2.45) is 7.05 Å². The van der Waals surface area contributed by atoms with E-state index >= 15 is 0 Å². The average Bonchev–Trinajstić information content (AvgIpc) is 3.24. The van der Waals surface area contributed by atoms with Crippen LogP contribution in [0.15, 0.2) is 40.9 Å². The number of ketones is 1. The molecule has 0 N–H and O–H groups in total. The summed E-state index contributed by atoms with van der Waals surface area (Å²) in [4.78, 5) is 24.1. The number of hydrogen-bond acceptors (Lipinski definition) is 7. The van der Waals surface area contributed by atoms with Gasteiger partial charge in [0.15, 0.2) is 10.9 Å². The molecule has 0 amide bonds. The summed E-state index contributed by atoms with van der Waals surface area (Å²) in [6.45, 7) is 1.65. The number of rotatable bonds is 7. The number of benzene rings is 1. The molecular formula is C17H16N4O3S2. The quantitative estimate of drug-likeness (QED) is 0.265. The normalized spacial score (nSPS) is 10.8. The largest absolute Gasteiger partial charge is 0.309 e. The third kappa shape index (κ3) is 4.00. The summed E-state index contributed by atoms with van der Waals surface area (Å²) in [6, 6.07) is 8.57. The zero-order valence-electron chi connectivity index (χ0n) is 14.2. The van der Waals surface area contributed by atoms with E-state index in [0.717, 1.165) is 5.82 Å². The fourth-order valence-electron chi connectivity index (χ4n) is 2.39. The van der Waals surface area contributed by atoms with Crippen molar-refractivity contribution in [1.82, 2.24) is 14.8 Å². The van der Waals surface area contributed by atoms with Gasteiger partial charge in [-0.05, 0) is 18.4 Å². The molecular weight excluding hydrogens is 372 g/mol. The van der Waals surface area contributed by atoms with Crippen LogP contribution in [0.5, 0.6) is 0 Å². The number of carbonyl (C=O) groups excluding carboxylic acids is 1. The molecule has 0 aliphatic rings. The number of hydrogen-bond donors (Lipinski definition) is 0. The van der Waals surface area contributed by atoms with Crippen LogP contribution in [0.25, 0.3) is 0 Å². The average molecular weight is 388 g/mol. The van der Waals surface area contributed by atoms with Gasteiger partial charge in [0.05, 0.1) is 10.7 Å². The van der Waals surface area contributed by atoms with Crippen LogP contribution in [0.1, 0.15) is 26.6 Å². The van der Waals surface area contributed by atoms with Gasteiger partial charge in [0.1, 0.15) is 5.82 Å². The first kappa shape index (κ1) is 18.3. The van der Waals surface area contributed by atoms with Gasteiger partial charge in [0.25, 0.3) is 5.69 Å². The fourth-order valence-corrected chi connectivity index (χ4v) is 3.91. The van der Waals surface area contributed by atoms with E-state index in [4.69, 9.17) is 0 Å². The highest BCUT2D eigenvalue weighted by atomic mass is 32.2. The van der Waals surface area contributed by atoms with Gasteiger partial charge >= 0.3 is 0 Å². The first-order valence-corrected chi connectivity index (χ1v) is 9.64. The molecule has 7 nitrogen and oxygen atoms in total. The fraction of sp³-hybridized carbons (Fsp3) is 0.235. The van der Waals surface area contributed by atoms with Crippen LogP contribution in [-0.2, 0) is 13.5 Å². The molecule has 2 aromatic heterocycles. The van der Waals surface area contributed by atoms with Crippen molar-refractivity contribution in [3.63, 3.8) is 0 Å². The number of nitro groups is 1. The predicted octanol–water partition coefficient (Wildman–Crippen LogP) is 3.66. The monoisotopic (exact) mass is 388 g/mol. The van der Waals surface area contributed by atoms with E-state index in [-0.39, 0.29) is 17.2 Å². The zero-order chi connectivity index (χ0) is 18.7. The van der Waals surface area contributed by atoms with E-state index in [2.05, 4.69) is 10.2 Å². The summed E-state index contributed by atoms with van der Waals surface area (Å²) in [7, 11) is 1.87. The van der Waals surface area contributed by atoms with Gasteiger partial charge in [0, 0.05) is 35.5 Å². The van der Waals surface area contributed by atoms with Crippen molar-refractivity contribution in [1.29, 1.82) is 0 Å². The van der Waals surface area contributed by atoms with Gasteiger partial charge in [-0.1, -0.05) is 30.0 Å². The Kier molecular flexibility index (Phi) is 5.48. The molecule has 134 valence electrons. The van der Waals surface area contributed by atoms with Gasteiger partial charge in [-0.3, -0.25) is 14.9 Å². The molecule has 1 aromatic carbocycles. The first-order chi connectivity index (χ1) is 12.5. The van der Waals surface area contributed by atoms with Gasteiger partial charge in [-0.15, -0.1) is 21.5 Å². The lowest BCUT2D eigenvalue weighted by molar-refractivity contribution is -0.385. The number of Topliss-reactive ketones (excluding diaryl/α,β-unsaturated/α-hetero) is 1. The van der Waals surface area contributed by atoms with Crippen LogP contribution < -0.4 is 0 Å². The molecule has 26 heavy (non-hydrogen) atoms.